The van der Waals surface area contributed by atoms with Gasteiger partial charge in [0.25, 0.3) is 0 Å². The van der Waals surface area contributed by atoms with E-state index in [4.69, 9.17) is 10.5 Å². The molecule has 0 radical (unpaired) electrons. The zero-order valence-corrected chi connectivity index (χ0v) is 11.1. The molecule has 0 bridgehead atoms. The van der Waals surface area contributed by atoms with Crippen molar-refractivity contribution in [3.05, 3.63) is 58.9 Å². The summed E-state index contributed by atoms with van der Waals surface area (Å²) in [7, 11) is 0. The molecular formula is C16H16FNO2. The molecule has 0 spiro atoms. The number of fused-ring (bicyclic) bond motifs is 1. The van der Waals surface area contributed by atoms with E-state index in [1.165, 1.54) is 12.1 Å². The van der Waals surface area contributed by atoms with Crippen molar-refractivity contribution in [3.63, 3.8) is 0 Å². The van der Waals surface area contributed by atoms with Gasteiger partial charge in [0.1, 0.15) is 23.4 Å². The molecule has 3 nitrogen and oxygen atoms in total. The minimum absolute atomic E-state index is 0.105. The van der Waals surface area contributed by atoms with Gasteiger partial charge in [-0.3, -0.25) is 0 Å². The molecule has 0 saturated heterocycles. The van der Waals surface area contributed by atoms with E-state index in [1.807, 2.05) is 25.1 Å². The first-order valence-corrected chi connectivity index (χ1v) is 6.55. The highest BCUT2D eigenvalue weighted by Gasteiger charge is 2.27. The predicted octanol–water partition coefficient (Wildman–Crippen LogP) is 3.36. The zero-order valence-electron chi connectivity index (χ0n) is 11.1. The molecule has 2 unspecified atom stereocenters. The van der Waals surface area contributed by atoms with E-state index in [1.54, 1.807) is 0 Å². The summed E-state index contributed by atoms with van der Waals surface area (Å²) in [6.45, 7) is 2.00. The van der Waals surface area contributed by atoms with Crippen LogP contribution in [-0.4, -0.2) is 5.11 Å². The van der Waals surface area contributed by atoms with Crippen LogP contribution >= 0.6 is 0 Å². The van der Waals surface area contributed by atoms with Gasteiger partial charge in [0, 0.05) is 24.1 Å². The smallest absolute Gasteiger partial charge is 0.127 e. The molecule has 0 fully saturated rings. The van der Waals surface area contributed by atoms with Crippen molar-refractivity contribution in [1.29, 1.82) is 0 Å². The van der Waals surface area contributed by atoms with Crippen LogP contribution in [0.4, 0.5) is 4.39 Å². The van der Waals surface area contributed by atoms with E-state index in [0.717, 1.165) is 22.9 Å². The largest absolute Gasteiger partial charge is 0.508 e. The normalized spacial score (nSPS) is 21.1. The number of phenols is 1. The van der Waals surface area contributed by atoms with E-state index >= 15 is 0 Å². The van der Waals surface area contributed by atoms with E-state index in [9.17, 15) is 9.50 Å². The highest BCUT2D eigenvalue weighted by atomic mass is 19.1. The van der Waals surface area contributed by atoms with Crippen molar-refractivity contribution in [2.45, 2.75) is 25.5 Å². The molecule has 2 atom stereocenters. The second-order valence-electron chi connectivity index (χ2n) is 5.23. The van der Waals surface area contributed by atoms with Crippen molar-refractivity contribution in [3.8, 4) is 11.5 Å². The molecule has 104 valence electrons. The molecule has 3 rings (SSSR count). The molecule has 0 saturated carbocycles. The van der Waals surface area contributed by atoms with Crippen molar-refractivity contribution in [2.24, 2.45) is 5.73 Å². The van der Waals surface area contributed by atoms with Crippen LogP contribution in [0.3, 0.4) is 0 Å². The van der Waals surface area contributed by atoms with Gasteiger partial charge in [-0.2, -0.15) is 0 Å². The van der Waals surface area contributed by atoms with Crippen LogP contribution in [0.5, 0.6) is 11.5 Å². The monoisotopic (exact) mass is 273 g/mol. The summed E-state index contributed by atoms with van der Waals surface area (Å²) in [5.74, 6) is 0.141. The van der Waals surface area contributed by atoms with Gasteiger partial charge in [-0.15, -0.1) is 0 Å². The molecule has 4 heteroatoms. The number of hydrogen-bond acceptors (Lipinski definition) is 3. The first-order chi connectivity index (χ1) is 9.52. The molecule has 0 amide bonds. The summed E-state index contributed by atoms with van der Waals surface area (Å²) in [4.78, 5) is 0. The van der Waals surface area contributed by atoms with E-state index in [0.29, 0.717) is 12.0 Å². The molecule has 0 aliphatic carbocycles. The molecular weight excluding hydrogens is 257 g/mol. The van der Waals surface area contributed by atoms with Crippen molar-refractivity contribution in [2.75, 3.05) is 0 Å². The lowest BCUT2D eigenvalue weighted by atomic mass is 9.92. The first kappa shape index (κ1) is 12.9. The number of aryl methyl sites for hydroxylation is 1. The lowest BCUT2D eigenvalue weighted by Gasteiger charge is -2.31. The van der Waals surface area contributed by atoms with Crippen LogP contribution in [0.15, 0.2) is 36.4 Å². The molecule has 1 heterocycles. The summed E-state index contributed by atoms with van der Waals surface area (Å²) in [6, 6.07) is 9.65. The molecule has 0 aromatic heterocycles. The maximum atomic E-state index is 13.4. The van der Waals surface area contributed by atoms with Gasteiger partial charge in [0.2, 0.25) is 0 Å². The number of phenolic OH excluding ortho intramolecular Hbond substituents is 1. The van der Waals surface area contributed by atoms with Crippen LogP contribution in [0.25, 0.3) is 0 Å². The van der Waals surface area contributed by atoms with Crippen molar-refractivity contribution < 1.29 is 14.2 Å². The fraction of sp³-hybridized carbons (Fsp3) is 0.250. The number of hydrogen-bond donors (Lipinski definition) is 2. The number of halogens is 1. The maximum absolute atomic E-state index is 13.4. The molecule has 20 heavy (non-hydrogen) atoms. The third-order valence-corrected chi connectivity index (χ3v) is 3.58. The summed E-state index contributed by atoms with van der Waals surface area (Å²) >= 11 is 0. The molecule has 1 aliphatic rings. The third-order valence-electron chi connectivity index (χ3n) is 3.58. The Morgan fingerprint density at radius 2 is 2.05 bits per heavy atom. The lowest BCUT2D eigenvalue weighted by molar-refractivity contribution is 0.161. The van der Waals surface area contributed by atoms with Crippen molar-refractivity contribution in [1.82, 2.24) is 0 Å². The Hall–Kier alpha value is -2.07. The number of benzene rings is 2. The highest BCUT2D eigenvalue weighted by molar-refractivity contribution is 5.42. The standard InChI is InChI=1S/C16H16FNO2/c1-9-2-3-15-13(4-9)14(18)8-16(20-15)10-5-11(17)7-12(19)6-10/h2-7,14,16,19H,8,18H2,1H3. The lowest BCUT2D eigenvalue weighted by Crippen LogP contribution is -2.24. The zero-order chi connectivity index (χ0) is 14.3. The van der Waals surface area contributed by atoms with Gasteiger partial charge in [-0.25, -0.2) is 4.39 Å². The van der Waals surface area contributed by atoms with Crippen LogP contribution in [-0.2, 0) is 0 Å². The number of aromatic hydroxyl groups is 1. The Kier molecular flexibility index (Phi) is 3.10. The Morgan fingerprint density at radius 3 is 2.80 bits per heavy atom. The fourth-order valence-corrected chi connectivity index (χ4v) is 2.61. The van der Waals surface area contributed by atoms with Gasteiger partial charge in [0.05, 0.1) is 0 Å². The van der Waals surface area contributed by atoms with E-state index < -0.39 is 5.82 Å². The third kappa shape index (κ3) is 2.34. The number of ether oxygens (including phenoxy) is 1. The summed E-state index contributed by atoms with van der Waals surface area (Å²) in [5.41, 5.74) is 8.89. The van der Waals surface area contributed by atoms with Crippen molar-refractivity contribution >= 4 is 0 Å². The van der Waals surface area contributed by atoms with Crippen LogP contribution in [0, 0.1) is 12.7 Å². The Morgan fingerprint density at radius 1 is 1.25 bits per heavy atom. The molecule has 2 aromatic rings. The minimum atomic E-state index is -0.480. The van der Waals surface area contributed by atoms with Crippen LogP contribution in [0.2, 0.25) is 0 Å². The number of nitrogens with two attached hydrogens (primary N) is 1. The number of rotatable bonds is 1. The summed E-state index contributed by atoms with van der Waals surface area (Å²) < 4.78 is 19.3. The highest BCUT2D eigenvalue weighted by Crippen LogP contribution is 2.40. The Bertz CT molecular complexity index is 637. The van der Waals surface area contributed by atoms with Crippen LogP contribution < -0.4 is 10.5 Å². The van der Waals surface area contributed by atoms with Gasteiger partial charge >= 0.3 is 0 Å². The van der Waals surface area contributed by atoms with E-state index in [2.05, 4.69) is 0 Å². The predicted molar refractivity (Wildman–Crippen MR) is 74.2 cm³/mol. The van der Waals surface area contributed by atoms with E-state index in [-0.39, 0.29) is 17.9 Å². The summed E-state index contributed by atoms with van der Waals surface area (Å²) in [5, 5.41) is 9.50. The quantitative estimate of drug-likeness (QED) is 0.837. The average molecular weight is 273 g/mol. The second-order valence-corrected chi connectivity index (χ2v) is 5.23. The Balaban J connectivity index is 1.96. The van der Waals surface area contributed by atoms with Gasteiger partial charge < -0.3 is 15.6 Å². The molecule has 1 aliphatic heterocycles. The fourth-order valence-electron chi connectivity index (χ4n) is 2.61. The summed E-state index contributed by atoms with van der Waals surface area (Å²) in [6.07, 6.45) is 0.209. The minimum Gasteiger partial charge on any atom is -0.508 e. The van der Waals surface area contributed by atoms with Gasteiger partial charge in [-0.05, 0) is 30.7 Å². The SMILES string of the molecule is Cc1ccc2c(c1)C(N)CC(c1cc(O)cc(F)c1)O2. The average Bonchev–Trinajstić information content (AvgIpc) is 2.38. The Labute approximate surface area is 116 Å². The molecule has 2 aromatic carbocycles. The first-order valence-electron chi connectivity index (χ1n) is 6.55. The maximum Gasteiger partial charge on any atom is 0.127 e. The van der Waals surface area contributed by atoms with Gasteiger partial charge in [-0.1, -0.05) is 17.7 Å². The van der Waals surface area contributed by atoms with Crippen LogP contribution in [0.1, 0.15) is 35.3 Å². The molecule has 3 N–H and O–H groups in total. The van der Waals surface area contributed by atoms with Gasteiger partial charge in [0.15, 0.2) is 0 Å². The topological polar surface area (TPSA) is 55.5 Å². The second kappa shape index (κ2) is 4.80.